The van der Waals surface area contributed by atoms with E-state index < -0.39 is 17.8 Å². The van der Waals surface area contributed by atoms with E-state index in [9.17, 15) is 13.6 Å². The van der Waals surface area contributed by atoms with Crippen molar-refractivity contribution < 1.29 is 18.3 Å². The van der Waals surface area contributed by atoms with Crippen LogP contribution in [0.2, 0.25) is 0 Å². The van der Waals surface area contributed by atoms with Gasteiger partial charge < -0.3 is 10.1 Å². The third-order valence-electron chi connectivity index (χ3n) is 2.12. The number of hydrogen-bond donors (Lipinski definition) is 1. The zero-order valence-electron chi connectivity index (χ0n) is 7.48. The molecule has 1 unspecified atom stereocenters. The van der Waals surface area contributed by atoms with Gasteiger partial charge in [0.05, 0.1) is 6.61 Å². The molecule has 76 valence electrons. The lowest BCUT2D eigenvalue weighted by Crippen LogP contribution is -2.39. The topological polar surface area (TPSA) is 38.3 Å². The molecule has 0 aromatic carbocycles. The number of esters is 1. The van der Waals surface area contributed by atoms with E-state index in [4.69, 9.17) is 0 Å². The molecule has 0 aromatic rings. The van der Waals surface area contributed by atoms with Gasteiger partial charge in [0.2, 0.25) is 0 Å². The van der Waals surface area contributed by atoms with E-state index in [1.165, 1.54) is 6.92 Å². The Morgan fingerprint density at radius 3 is 2.85 bits per heavy atom. The third-order valence-corrected chi connectivity index (χ3v) is 2.12. The molecule has 0 aliphatic carbocycles. The van der Waals surface area contributed by atoms with Crippen LogP contribution in [0.15, 0.2) is 0 Å². The molecule has 0 aromatic heterocycles. The zero-order valence-corrected chi connectivity index (χ0v) is 7.48. The molecule has 13 heavy (non-hydrogen) atoms. The van der Waals surface area contributed by atoms with Crippen LogP contribution in [0, 0.1) is 5.92 Å². The van der Waals surface area contributed by atoms with E-state index >= 15 is 0 Å². The fourth-order valence-electron chi connectivity index (χ4n) is 1.36. The summed E-state index contributed by atoms with van der Waals surface area (Å²) in [6, 6.07) is 0. The molecule has 5 heteroatoms. The maximum Gasteiger partial charge on any atom is 0.377 e. The Bertz CT molecular complexity index is 191. The summed E-state index contributed by atoms with van der Waals surface area (Å²) in [6.07, 6.45) is 0.325. The van der Waals surface area contributed by atoms with Crippen LogP contribution in [-0.4, -0.2) is 31.6 Å². The van der Waals surface area contributed by atoms with E-state index in [1.807, 2.05) is 0 Å². The number of rotatable bonds is 3. The van der Waals surface area contributed by atoms with Gasteiger partial charge in [-0.25, -0.2) is 4.79 Å². The summed E-state index contributed by atoms with van der Waals surface area (Å²) in [5.74, 6) is -5.64. The first-order valence-electron chi connectivity index (χ1n) is 4.34. The van der Waals surface area contributed by atoms with E-state index in [1.54, 1.807) is 0 Å². The number of nitrogens with one attached hydrogen (secondary N) is 1. The Labute approximate surface area is 75.4 Å². The lowest BCUT2D eigenvalue weighted by Gasteiger charge is -2.19. The molecule has 1 atom stereocenters. The van der Waals surface area contributed by atoms with Gasteiger partial charge >= 0.3 is 11.9 Å². The molecule has 1 N–H and O–H groups in total. The minimum atomic E-state index is -3.33. The van der Waals surface area contributed by atoms with Crippen molar-refractivity contribution in [3.63, 3.8) is 0 Å². The maximum absolute atomic E-state index is 13.2. The van der Waals surface area contributed by atoms with Crippen LogP contribution in [0.4, 0.5) is 8.78 Å². The molecule has 1 aliphatic rings. The van der Waals surface area contributed by atoms with Crippen LogP contribution >= 0.6 is 0 Å². The fraction of sp³-hybridized carbons (Fsp3) is 0.875. The van der Waals surface area contributed by atoms with Gasteiger partial charge in [-0.05, 0) is 19.9 Å². The molecule has 0 saturated carbocycles. The van der Waals surface area contributed by atoms with Crippen LogP contribution in [0.3, 0.4) is 0 Å². The van der Waals surface area contributed by atoms with Gasteiger partial charge in [0.25, 0.3) is 0 Å². The van der Waals surface area contributed by atoms with Crippen LogP contribution in [-0.2, 0) is 9.53 Å². The number of alkyl halides is 2. The predicted octanol–water partition coefficient (Wildman–Crippen LogP) is 0.794. The first-order valence-corrected chi connectivity index (χ1v) is 4.34. The molecule has 0 amide bonds. The minimum absolute atomic E-state index is 0.00539. The van der Waals surface area contributed by atoms with Crippen molar-refractivity contribution in [3.05, 3.63) is 0 Å². The standard InChI is InChI=1S/C8H13F2NO2/c1-2-13-7(12)8(9,10)6-3-4-11-5-6/h6,11H,2-5H2,1H3. The van der Waals surface area contributed by atoms with Gasteiger partial charge in [-0.15, -0.1) is 0 Å². The van der Waals surface area contributed by atoms with Crippen LogP contribution < -0.4 is 5.32 Å². The van der Waals surface area contributed by atoms with Gasteiger partial charge in [-0.2, -0.15) is 8.78 Å². The van der Waals surface area contributed by atoms with Crippen molar-refractivity contribution in [3.8, 4) is 0 Å². The monoisotopic (exact) mass is 193 g/mol. The number of carbonyl (C=O) groups is 1. The number of ether oxygens (including phenoxy) is 1. The van der Waals surface area contributed by atoms with Crippen LogP contribution in [0.1, 0.15) is 13.3 Å². The lowest BCUT2D eigenvalue weighted by molar-refractivity contribution is -0.178. The van der Waals surface area contributed by atoms with Gasteiger partial charge in [0, 0.05) is 12.5 Å². The Hall–Kier alpha value is -0.710. The van der Waals surface area contributed by atoms with Crippen molar-refractivity contribution in [2.75, 3.05) is 19.7 Å². The molecule has 3 nitrogen and oxygen atoms in total. The summed E-state index contributed by atoms with van der Waals surface area (Å²) >= 11 is 0. The highest BCUT2D eigenvalue weighted by molar-refractivity contribution is 5.78. The second kappa shape index (κ2) is 4.00. The summed E-state index contributed by atoms with van der Waals surface area (Å²) < 4.78 is 30.7. The summed E-state index contributed by atoms with van der Waals surface area (Å²) in [5.41, 5.74) is 0. The minimum Gasteiger partial charge on any atom is -0.462 e. The van der Waals surface area contributed by atoms with Crippen molar-refractivity contribution in [1.82, 2.24) is 5.32 Å². The lowest BCUT2D eigenvalue weighted by atomic mass is 10.0. The first kappa shape index (κ1) is 10.4. The van der Waals surface area contributed by atoms with Crippen LogP contribution in [0.25, 0.3) is 0 Å². The van der Waals surface area contributed by atoms with Gasteiger partial charge in [-0.1, -0.05) is 0 Å². The molecular weight excluding hydrogens is 180 g/mol. The zero-order chi connectivity index (χ0) is 9.90. The molecule has 0 bridgehead atoms. The average Bonchev–Trinajstić information content (AvgIpc) is 2.56. The van der Waals surface area contributed by atoms with Gasteiger partial charge in [0.15, 0.2) is 0 Å². The summed E-state index contributed by atoms with van der Waals surface area (Å²) in [5, 5.41) is 2.79. The third kappa shape index (κ3) is 2.15. The highest BCUT2D eigenvalue weighted by Gasteiger charge is 2.49. The highest BCUT2D eigenvalue weighted by atomic mass is 19.3. The fourth-order valence-corrected chi connectivity index (χ4v) is 1.36. The Morgan fingerprint density at radius 1 is 1.69 bits per heavy atom. The summed E-state index contributed by atoms with van der Waals surface area (Å²) in [4.78, 5) is 10.9. The van der Waals surface area contributed by atoms with Crippen LogP contribution in [0.5, 0.6) is 0 Å². The van der Waals surface area contributed by atoms with E-state index in [0.29, 0.717) is 13.0 Å². The smallest absolute Gasteiger partial charge is 0.377 e. The van der Waals surface area contributed by atoms with Gasteiger partial charge in [-0.3, -0.25) is 0 Å². The molecule has 1 aliphatic heterocycles. The molecule has 1 rings (SSSR count). The summed E-state index contributed by atoms with van der Waals surface area (Å²) in [6.45, 7) is 2.24. The maximum atomic E-state index is 13.2. The Balaban J connectivity index is 2.57. The molecule has 1 saturated heterocycles. The SMILES string of the molecule is CCOC(=O)C(F)(F)C1CCNC1. The van der Waals surface area contributed by atoms with Crippen molar-refractivity contribution >= 4 is 5.97 Å². The Kier molecular flexibility index (Phi) is 3.19. The van der Waals surface area contributed by atoms with Crippen molar-refractivity contribution in [1.29, 1.82) is 0 Å². The molecule has 0 spiro atoms. The molecular formula is C8H13F2NO2. The predicted molar refractivity (Wildman–Crippen MR) is 42.6 cm³/mol. The number of carbonyl (C=O) groups excluding carboxylic acids is 1. The van der Waals surface area contributed by atoms with E-state index in [2.05, 4.69) is 10.1 Å². The quantitative estimate of drug-likeness (QED) is 0.673. The Morgan fingerprint density at radius 2 is 2.38 bits per heavy atom. The number of halogens is 2. The van der Waals surface area contributed by atoms with Crippen molar-refractivity contribution in [2.24, 2.45) is 5.92 Å². The molecule has 1 heterocycles. The second-order valence-electron chi connectivity index (χ2n) is 3.03. The molecule has 0 radical (unpaired) electrons. The number of hydrogen-bond acceptors (Lipinski definition) is 3. The summed E-state index contributed by atoms with van der Waals surface area (Å²) in [7, 11) is 0. The normalized spacial score (nSPS) is 23.2. The highest BCUT2D eigenvalue weighted by Crippen LogP contribution is 2.30. The largest absolute Gasteiger partial charge is 0.462 e. The second-order valence-corrected chi connectivity index (χ2v) is 3.03. The van der Waals surface area contributed by atoms with Crippen molar-refractivity contribution in [2.45, 2.75) is 19.3 Å². The average molecular weight is 193 g/mol. The van der Waals surface area contributed by atoms with E-state index in [0.717, 1.165) is 0 Å². The first-order chi connectivity index (χ1) is 6.09. The van der Waals surface area contributed by atoms with E-state index in [-0.39, 0.29) is 13.2 Å². The van der Waals surface area contributed by atoms with Gasteiger partial charge in [0.1, 0.15) is 0 Å². The molecule has 1 fully saturated rings.